The first-order valence-corrected chi connectivity index (χ1v) is 14.5. The number of hydrogen-bond donors (Lipinski definition) is 0. The van der Waals surface area contributed by atoms with Crippen molar-refractivity contribution >= 4 is 17.5 Å². The van der Waals surface area contributed by atoms with Gasteiger partial charge in [-0.2, -0.15) is 5.10 Å². The zero-order valence-electron chi connectivity index (χ0n) is 24.1. The molecule has 6 nitrogen and oxygen atoms in total. The second-order valence-corrected chi connectivity index (χ2v) is 9.65. The van der Waals surface area contributed by atoms with Crippen molar-refractivity contribution in [2.24, 2.45) is 0 Å². The second-order valence-electron chi connectivity index (χ2n) is 9.65. The van der Waals surface area contributed by atoms with Gasteiger partial charge in [-0.15, -0.1) is 0 Å². The van der Waals surface area contributed by atoms with Gasteiger partial charge < -0.3 is 9.64 Å². The Kier molecular flexibility index (Phi) is 11.9. The molecule has 0 unspecified atom stereocenters. The highest BCUT2D eigenvalue weighted by Gasteiger charge is 2.19. The molecule has 1 aromatic carbocycles. The quantitative estimate of drug-likeness (QED) is 0.270. The predicted molar refractivity (Wildman–Crippen MR) is 159 cm³/mol. The van der Waals surface area contributed by atoms with Gasteiger partial charge in [0.15, 0.2) is 0 Å². The molecule has 1 fully saturated rings. The normalized spacial score (nSPS) is 13.9. The van der Waals surface area contributed by atoms with E-state index in [0.717, 1.165) is 85.6 Å². The average molecular weight is 519 g/mol. The number of aromatic nitrogens is 2. The van der Waals surface area contributed by atoms with Crippen molar-refractivity contribution in [3.63, 3.8) is 0 Å². The molecular formula is C32H46N4O2. The molecule has 4 rings (SSSR count). The largest absolute Gasteiger partial charge is 0.497 e. The minimum Gasteiger partial charge on any atom is -0.497 e. The van der Waals surface area contributed by atoms with E-state index in [1.807, 2.05) is 65.9 Å². The average Bonchev–Trinajstić information content (AvgIpc) is 3.34. The lowest BCUT2D eigenvalue weighted by atomic mass is 10.0. The van der Waals surface area contributed by atoms with Crippen molar-refractivity contribution in [3.05, 3.63) is 59.8 Å². The van der Waals surface area contributed by atoms with Crippen LogP contribution >= 0.6 is 0 Å². The Hall–Kier alpha value is -3.12. The molecule has 0 bridgehead atoms. The summed E-state index contributed by atoms with van der Waals surface area (Å²) in [6.07, 6.45) is 13.3. The van der Waals surface area contributed by atoms with Crippen LogP contribution in [0.1, 0.15) is 82.1 Å². The van der Waals surface area contributed by atoms with Crippen LogP contribution in [-0.4, -0.2) is 65.2 Å². The number of piperidine rings is 1. The third-order valence-corrected chi connectivity index (χ3v) is 6.94. The van der Waals surface area contributed by atoms with Crippen LogP contribution in [0.2, 0.25) is 0 Å². The summed E-state index contributed by atoms with van der Waals surface area (Å²) in [6.45, 7) is 13.1. The highest BCUT2D eigenvalue weighted by Crippen LogP contribution is 2.30. The van der Waals surface area contributed by atoms with Crippen LogP contribution in [0.25, 0.3) is 22.9 Å². The summed E-state index contributed by atoms with van der Waals surface area (Å²) in [7, 11) is 1.68. The Balaban J connectivity index is 0.00000195. The maximum absolute atomic E-state index is 13.4. The van der Waals surface area contributed by atoms with Gasteiger partial charge in [0.2, 0.25) is 0 Å². The number of likely N-dealkylation sites (tertiary alicyclic amines) is 1. The molecule has 2 aromatic heterocycles. The minimum atomic E-state index is 0.100. The van der Waals surface area contributed by atoms with Crippen molar-refractivity contribution in [1.29, 1.82) is 0 Å². The molecule has 38 heavy (non-hydrogen) atoms. The second kappa shape index (κ2) is 15.3. The monoisotopic (exact) mass is 518 g/mol. The zero-order chi connectivity index (χ0) is 27.3. The summed E-state index contributed by atoms with van der Waals surface area (Å²) in [6, 6.07) is 11.9. The van der Waals surface area contributed by atoms with Crippen LogP contribution in [0.15, 0.2) is 48.7 Å². The number of methoxy groups -OCH3 is 1. The van der Waals surface area contributed by atoms with Gasteiger partial charge in [-0.05, 0) is 75.2 Å². The first kappa shape index (κ1) is 29.4. The fourth-order valence-electron chi connectivity index (χ4n) is 4.90. The van der Waals surface area contributed by atoms with E-state index < -0.39 is 0 Å². The Morgan fingerprint density at radius 3 is 2.42 bits per heavy atom. The number of amides is 1. The van der Waals surface area contributed by atoms with Crippen LogP contribution in [0.3, 0.4) is 0 Å². The lowest BCUT2D eigenvalue weighted by Gasteiger charge is -2.24. The fraction of sp³-hybridized carbons (Fsp3) is 0.500. The standard InChI is InChI=1S/C30H40N4O2.C2H6/c1-4-6-21-33(17-5-2)30(35)25-16-22-34-28(23-25)27(11-10-20-32-18-8-7-9-19-32)29(31-34)24-12-14-26(36-3)15-13-24;1-2/h10-16,22-23H,4-9,17-21H2,1-3H3;1-2H3/b11-10+;. The molecule has 1 saturated heterocycles. The van der Waals surface area contributed by atoms with Crippen molar-refractivity contribution in [2.75, 3.05) is 39.8 Å². The van der Waals surface area contributed by atoms with Gasteiger partial charge in [0.05, 0.1) is 12.6 Å². The van der Waals surface area contributed by atoms with Gasteiger partial charge in [-0.1, -0.05) is 52.7 Å². The van der Waals surface area contributed by atoms with E-state index in [4.69, 9.17) is 9.84 Å². The van der Waals surface area contributed by atoms with Crippen LogP contribution in [0, 0.1) is 0 Å². The number of ether oxygens (including phenoxy) is 1. The molecule has 0 spiro atoms. The summed E-state index contributed by atoms with van der Waals surface area (Å²) in [4.78, 5) is 17.9. The van der Waals surface area contributed by atoms with Crippen LogP contribution in [0.4, 0.5) is 0 Å². The number of fused-ring (bicyclic) bond motifs is 1. The Bertz CT molecular complexity index is 1160. The summed E-state index contributed by atoms with van der Waals surface area (Å²) in [5, 5.41) is 4.92. The summed E-state index contributed by atoms with van der Waals surface area (Å²) >= 11 is 0. The van der Waals surface area contributed by atoms with Crippen molar-refractivity contribution < 1.29 is 9.53 Å². The molecule has 3 heterocycles. The highest BCUT2D eigenvalue weighted by atomic mass is 16.5. The maximum Gasteiger partial charge on any atom is 0.253 e. The molecular weight excluding hydrogens is 472 g/mol. The SMILES string of the molecule is CC.CCCCN(CCC)C(=O)c1ccn2nc(-c3ccc(OC)cc3)c(/C=C/CN3CCCCC3)c2c1. The Morgan fingerprint density at radius 2 is 1.76 bits per heavy atom. The predicted octanol–water partition coefficient (Wildman–Crippen LogP) is 7.19. The van der Waals surface area contributed by atoms with E-state index in [1.54, 1.807) is 7.11 Å². The van der Waals surface area contributed by atoms with Crippen LogP contribution < -0.4 is 4.74 Å². The molecule has 3 aromatic rings. The van der Waals surface area contributed by atoms with Crippen molar-refractivity contribution in [2.45, 2.75) is 66.2 Å². The van der Waals surface area contributed by atoms with E-state index >= 15 is 0 Å². The third-order valence-electron chi connectivity index (χ3n) is 6.94. The minimum absolute atomic E-state index is 0.100. The van der Waals surface area contributed by atoms with Crippen molar-refractivity contribution in [3.8, 4) is 17.0 Å². The van der Waals surface area contributed by atoms with Crippen LogP contribution in [0.5, 0.6) is 5.75 Å². The topological polar surface area (TPSA) is 50.1 Å². The molecule has 0 saturated carbocycles. The first-order valence-electron chi connectivity index (χ1n) is 14.5. The number of pyridine rings is 1. The number of rotatable bonds is 11. The molecule has 0 atom stereocenters. The van der Waals surface area contributed by atoms with Gasteiger partial charge in [-0.25, -0.2) is 4.52 Å². The smallest absolute Gasteiger partial charge is 0.253 e. The molecule has 1 aliphatic rings. The molecule has 1 aliphatic heterocycles. The molecule has 0 N–H and O–H groups in total. The maximum atomic E-state index is 13.4. The molecule has 206 valence electrons. The number of nitrogens with zero attached hydrogens (tertiary/aromatic N) is 4. The zero-order valence-corrected chi connectivity index (χ0v) is 24.1. The van der Waals surface area contributed by atoms with Gasteiger partial charge in [-0.3, -0.25) is 9.69 Å². The number of hydrogen-bond acceptors (Lipinski definition) is 4. The van der Waals surface area contributed by atoms with Gasteiger partial charge >= 0.3 is 0 Å². The van der Waals surface area contributed by atoms with Crippen molar-refractivity contribution in [1.82, 2.24) is 19.4 Å². The van der Waals surface area contributed by atoms with Crippen LogP contribution in [-0.2, 0) is 0 Å². The van der Waals surface area contributed by atoms with E-state index in [-0.39, 0.29) is 5.91 Å². The summed E-state index contributed by atoms with van der Waals surface area (Å²) < 4.78 is 7.25. The summed E-state index contributed by atoms with van der Waals surface area (Å²) in [5.74, 6) is 0.920. The van der Waals surface area contributed by atoms with E-state index in [9.17, 15) is 4.79 Å². The van der Waals surface area contributed by atoms with E-state index in [0.29, 0.717) is 0 Å². The number of unbranched alkanes of at least 4 members (excludes halogenated alkanes) is 1. The van der Waals surface area contributed by atoms with E-state index in [1.165, 1.54) is 19.3 Å². The fourth-order valence-corrected chi connectivity index (χ4v) is 4.90. The Labute approximate surface area is 229 Å². The summed E-state index contributed by atoms with van der Waals surface area (Å²) in [5.41, 5.74) is 4.66. The molecule has 1 amide bonds. The highest BCUT2D eigenvalue weighted by molar-refractivity contribution is 5.96. The number of benzene rings is 1. The number of carbonyl (C=O) groups excluding carboxylic acids is 1. The molecule has 6 heteroatoms. The van der Waals surface area contributed by atoms with Gasteiger partial charge in [0, 0.05) is 42.5 Å². The first-order chi connectivity index (χ1) is 18.6. The Morgan fingerprint density at radius 1 is 1.03 bits per heavy atom. The molecule has 0 radical (unpaired) electrons. The lowest BCUT2D eigenvalue weighted by Crippen LogP contribution is -2.32. The van der Waals surface area contributed by atoms with Gasteiger partial charge in [0.1, 0.15) is 11.4 Å². The third kappa shape index (κ3) is 7.47. The lowest BCUT2D eigenvalue weighted by molar-refractivity contribution is 0.0753. The van der Waals surface area contributed by atoms with Gasteiger partial charge in [0.25, 0.3) is 5.91 Å². The van der Waals surface area contributed by atoms with E-state index in [2.05, 4.69) is 30.9 Å². The number of carbonyl (C=O) groups is 1. The molecule has 0 aliphatic carbocycles.